The normalized spacial score (nSPS) is 13.6. The molecule has 0 aliphatic heterocycles. The van der Waals surface area contributed by atoms with Gasteiger partial charge in [-0.2, -0.15) is 0 Å². The van der Waals surface area contributed by atoms with Gasteiger partial charge in [0.1, 0.15) is 24.2 Å². The number of guanidine groups is 2. The van der Waals surface area contributed by atoms with Crippen molar-refractivity contribution < 1.29 is 33.9 Å². The van der Waals surface area contributed by atoms with Crippen LogP contribution < -0.4 is 61.4 Å². The van der Waals surface area contributed by atoms with Crippen LogP contribution in [0.15, 0.2) is 40.3 Å². The standard InChI is InChI=1S/C32H55N13O7/c33-15-5-4-10-20(34)26(47)45-24(18-19-8-2-1-3-9-19)29(50)43-21(11-6-16-40-31(36)37)27(48)42-22(12-7-17-41-32(38)39)28(49)44-23(30(51)52)13-14-25(35)46/h1-3,8-9,20-24H,4-7,10-18,33-34H2,(H2,35,46)(H,42,48)(H,43,50)(H,44,49)(H,45,47)(H,51,52)(H4,36,37,40)(H4,38,39,41)/t20-,21-,22-,23-,24-/m0/s1. The Kier molecular flexibility index (Phi) is 21.1. The predicted octanol–water partition coefficient (Wildman–Crippen LogP) is -3.92. The van der Waals surface area contributed by atoms with Crippen molar-refractivity contribution in [1.82, 2.24) is 21.3 Å². The van der Waals surface area contributed by atoms with Crippen LogP contribution in [-0.4, -0.2) is 102 Å². The van der Waals surface area contributed by atoms with E-state index in [4.69, 9.17) is 40.1 Å². The molecule has 0 saturated heterocycles. The second kappa shape index (κ2) is 24.6. The number of carbonyl (C=O) groups excluding carboxylic acids is 5. The molecule has 52 heavy (non-hydrogen) atoms. The zero-order valence-electron chi connectivity index (χ0n) is 29.3. The van der Waals surface area contributed by atoms with E-state index in [-0.39, 0.29) is 70.0 Å². The van der Waals surface area contributed by atoms with Crippen molar-refractivity contribution in [3.8, 4) is 0 Å². The largest absolute Gasteiger partial charge is 0.480 e. The van der Waals surface area contributed by atoms with Gasteiger partial charge in [0.25, 0.3) is 0 Å². The fraction of sp³-hybridized carbons (Fsp3) is 0.562. The third-order valence-electron chi connectivity index (χ3n) is 7.67. The van der Waals surface area contributed by atoms with Gasteiger partial charge < -0.3 is 66.5 Å². The molecule has 0 unspecified atom stereocenters. The number of rotatable bonds is 26. The molecule has 1 aromatic carbocycles. The number of carboxylic acids is 1. The van der Waals surface area contributed by atoms with Crippen molar-refractivity contribution in [2.75, 3.05) is 19.6 Å². The number of hydrogen-bond donors (Lipinski definition) is 12. The number of unbranched alkanes of at least 4 members (excludes halogenated alkanes) is 1. The minimum Gasteiger partial charge on any atom is -0.480 e. The average molecular weight is 734 g/mol. The molecule has 20 nitrogen and oxygen atoms in total. The Morgan fingerprint density at radius 1 is 0.615 bits per heavy atom. The van der Waals surface area contributed by atoms with E-state index in [0.29, 0.717) is 25.8 Å². The second-order valence-electron chi connectivity index (χ2n) is 12.1. The number of hydrogen-bond acceptors (Lipinski definition) is 10. The molecule has 5 amide bonds. The van der Waals surface area contributed by atoms with Crippen LogP contribution in [0.4, 0.5) is 0 Å². The van der Waals surface area contributed by atoms with Crippen LogP contribution in [0, 0.1) is 0 Å². The van der Waals surface area contributed by atoms with Crippen molar-refractivity contribution in [2.24, 2.45) is 50.1 Å². The maximum Gasteiger partial charge on any atom is 0.326 e. The molecule has 0 bridgehead atoms. The number of nitrogens with two attached hydrogens (primary N) is 7. The summed E-state index contributed by atoms with van der Waals surface area (Å²) in [5.41, 5.74) is 39.1. The first-order valence-corrected chi connectivity index (χ1v) is 17.0. The van der Waals surface area contributed by atoms with Crippen LogP contribution in [0.1, 0.15) is 63.4 Å². The van der Waals surface area contributed by atoms with Crippen molar-refractivity contribution >= 4 is 47.4 Å². The van der Waals surface area contributed by atoms with Crippen LogP contribution in [0.5, 0.6) is 0 Å². The second-order valence-corrected chi connectivity index (χ2v) is 12.1. The van der Waals surface area contributed by atoms with Crippen molar-refractivity contribution in [3.63, 3.8) is 0 Å². The third-order valence-corrected chi connectivity index (χ3v) is 7.67. The summed E-state index contributed by atoms with van der Waals surface area (Å²) in [7, 11) is 0. The summed E-state index contributed by atoms with van der Waals surface area (Å²) >= 11 is 0. The lowest BCUT2D eigenvalue weighted by Crippen LogP contribution is -2.58. The van der Waals surface area contributed by atoms with Gasteiger partial charge in [-0.3, -0.25) is 34.0 Å². The molecule has 0 aliphatic carbocycles. The van der Waals surface area contributed by atoms with E-state index in [1.807, 2.05) is 0 Å². The Labute approximate surface area is 302 Å². The molecule has 0 radical (unpaired) electrons. The fourth-order valence-corrected chi connectivity index (χ4v) is 4.88. The first-order chi connectivity index (χ1) is 24.6. The summed E-state index contributed by atoms with van der Waals surface area (Å²) < 4.78 is 0. The number of benzene rings is 1. The van der Waals surface area contributed by atoms with Gasteiger partial charge in [0.05, 0.1) is 6.04 Å². The predicted molar refractivity (Wildman–Crippen MR) is 195 cm³/mol. The zero-order chi connectivity index (χ0) is 39.1. The number of nitrogens with zero attached hydrogens (tertiary/aromatic N) is 2. The maximum absolute atomic E-state index is 13.8. The minimum atomic E-state index is -1.49. The molecule has 0 aromatic heterocycles. The molecule has 0 fully saturated rings. The molecule has 1 rings (SSSR count). The van der Waals surface area contributed by atoms with Gasteiger partial charge in [-0.25, -0.2) is 4.79 Å². The van der Waals surface area contributed by atoms with E-state index < -0.39 is 65.7 Å². The SMILES string of the molecule is NCCCC[C@H](N)C(=O)N[C@@H](Cc1ccccc1)C(=O)N[C@@H](CCCN=C(N)N)C(=O)N[C@@H](CCCN=C(N)N)C(=O)N[C@@H](CCC(N)=O)C(=O)O. The molecule has 290 valence electrons. The summed E-state index contributed by atoms with van der Waals surface area (Å²) in [6.07, 6.45) is 1.44. The van der Waals surface area contributed by atoms with E-state index in [1.165, 1.54) is 0 Å². The van der Waals surface area contributed by atoms with Gasteiger partial charge in [-0.1, -0.05) is 36.8 Å². The summed E-state index contributed by atoms with van der Waals surface area (Å²) in [6, 6.07) is 2.74. The van der Waals surface area contributed by atoms with Crippen LogP contribution in [0.3, 0.4) is 0 Å². The molecule has 1 aromatic rings. The van der Waals surface area contributed by atoms with Gasteiger partial charge in [0.15, 0.2) is 11.9 Å². The first kappa shape index (κ1) is 44.5. The van der Waals surface area contributed by atoms with E-state index >= 15 is 0 Å². The molecule has 0 saturated carbocycles. The quantitative estimate of drug-likeness (QED) is 0.0246. The summed E-state index contributed by atoms with van der Waals surface area (Å²) in [6.45, 7) is 0.626. The Morgan fingerprint density at radius 2 is 1.10 bits per heavy atom. The summed E-state index contributed by atoms with van der Waals surface area (Å²) in [5.74, 6) is -5.51. The zero-order valence-corrected chi connectivity index (χ0v) is 29.3. The van der Waals surface area contributed by atoms with E-state index in [9.17, 15) is 33.9 Å². The molecule has 19 N–H and O–H groups in total. The summed E-state index contributed by atoms with van der Waals surface area (Å²) in [5, 5.41) is 19.9. The van der Waals surface area contributed by atoms with E-state index in [2.05, 4.69) is 31.3 Å². The molecule has 0 heterocycles. The van der Waals surface area contributed by atoms with Crippen LogP contribution in [0.25, 0.3) is 0 Å². The van der Waals surface area contributed by atoms with Crippen LogP contribution >= 0.6 is 0 Å². The lowest BCUT2D eigenvalue weighted by atomic mass is 10.0. The molecule has 20 heteroatoms. The number of nitrogens with one attached hydrogen (secondary N) is 4. The molecule has 5 atom stereocenters. The Bertz CT molecular complexity index is 1370. The lowest BCUT2D eigenvalue weighted by Gasteiger charge is -2.26. The highest BCUT2D eigenvalue weighted by atomic mass is 16.4. The fourth-order valence-electron chi connectivity index (χ4n) is 4.88. The Balaban J connectivity index is 3.35. The molecular weight excluding hydrogens is 678 g/mol. The molecule has 0 spiro atoms. The van der Waals surface area contributed by atoms with Gasteiger partial charge in [-0.15, -0.1) is 0 Å². The average Bonchev–Trinajstić information content (AvgIpc) is 3.08. The number of carbonyl (C=O) groups is 6. The lowest BCUT2D eigenvalue weighted by molar-refractivity contribution is -0.142. The van der Waals surface area contributed by atoms with Gasteiger partial charge >= 0.3 is 5.97 Å². The van der Waals surface area contributed by atoms with Gasteiger partial charge in [0, 0.05) is 25.9 Å². The molecule has 0 aliphatic rings. The van der Waals surface area contributed by atoms with Crippen molar-refractivity contribution in [2.45, 2.75) is 94.4 Å². The highest BCUT2D eigenvalue weighted by Crippen LogP contribution is 2.09. The smallest absolute Gasteiger partial charge is 0.326 e. The Hall–Kier alpha value is -5.50. The third kappa shape index (κ3) is 19.0. The maximum atomic E-state index is 13.8. The van der Waals surface area contributed by atoms with Crippen LogP contribution in [-0.2, 0) is 35.2 Å². The molecular formula is C32H55N13O7. The highest BCUT2D eigenvalue weighted by molar-refractivity contribution is 5.95. The van der Waals surface area contributed by atoms with E-state index in [0.717, 1.165) is 5.56 Å². The van der Waals surface area contributed by atoms with Crippen LogP contribution in [0.2, 0.25) is 0 Å². The summed E-state index contributed by atoms with van der Waals surface area (Å²) in [4.78, 5) is 84.9. The van der Waals surface area contributed by atoms with Gasteiger partial charge in [-0.05, 0) is 57.1 Å². The number of aliphatic imine (C=N–C) groups is 2. The topological polar surface area (TPSA) is 378 Å². The Morgan fingerprint density at radius 3 is 1.56 bits per heavy atom. The number of primary amides is 1. The first-order valence-electron chi connectivity index (χ1n) is 17.0. The minimum absolute atomic E-state index is 0.00232. The number of amides is 5. The van der Waals surface area contributed by atoms with E-state index in [1.54, 1.807) is 30.3 Å². The van der Waals surface area contributed by atoms with Crippen molar-refractivity contribution in [1.29, 1.82) is 0 Å². The highest BCUT2D eigenvalue weighted by Gasteiger charge is 2.32. The van der Waals surface area contributed by atoms with Crippen molar-refractivity contribution in [3.05, 3.63) is 35.9 Å². The van der Waals surface area contributed by atoms with Gasteiger partial charge in [0.2, 0.25) is 29.5 Å². The number of carboxylic acid groups (broad SMARTS) is 1. The number of aliphatic carboxylic acids is 1. The monoisotopic (exact) mass is 733 g/mol.